The molecule has 7 heteroatoms. The number of hydrogen-bond donors (Lipinski definition) is 2. The summed E-state index contributed by atoms with van der Waals surface area (Å²) in [6, 6.07) is 4.78. The quantitative estimate of drug-likeness (QED) is 0.853. The number of aryl methyl sites for hydroxylation is 2. The Morgan fingerprint density at radius 3 is 2.81 bits per heavy atom. The van der Waals surface area contributed by atoms with Crippen LogP contribution in [-0.2, 0) is 11.3 Å². The Balaban J connectivity index is 1.92. The molecule has 1 atom stereocenters. The molecule has 0 unspecified atom stereocenters. The summed E-state index contributed by atoms with van der Waals surface area (Å²) in [6.45, 7) is 5.82. The SMILES string of the molecule is Cc1nc([C@@H](C)NC(=O)CCn2c(C)cccc2=O)n[nH]1. The third-order valence-corrected chi connectivity index (χ3v) is 3.21. The van der Waals surface area contributed by atoms with Crippen molar-refractivity contribution >= 4 is 5.91 Å². The Kier molecular flexibility index (Phi) is 4.52. The van der Waals surface area contributed by atoms with Gasteiger partial charge in [0, 0.05) is 24.7 Å². The van der Waals surface area contributed by atoms with Crippen LogP contribution in [-0.4, -0.2) is 25.7 Å². The second kappa shape index (κ2) is 6.34. The summed E-state index contributed by atoms with van der Waals surface area (Å²) in [5.74, 6) is 1.12. The molecule has 21 heavy (non-hydrogen) atoms. The van der Waals surface area contributed by atoms with E-state index in [1.54, 1.807) is 17.6 Å². The summed E-state index contributed by atoms with van der Waals surface area (Å²) in [5.41, 5.74) is 0.744. The number of pyridine rings is 1. The Bertz CT molecular complexity index is 689. The summed E-state index contributed by atoms with van der Waals surface area (Å²) >= 11 is 0. The van der Waals surface area contributed by atoms with Crippen molar-refractivity contribution in [1.82, 2.24) is 25.1 Å². The lowest BCUT2D eigenvalue weighted by Gasteiger charge is -2.12. The second-order valence-corrected chi connectivity index (χ2v) is 4.98. The maximum Gasteiger partial charge on any atom is 0.250 e. The number of amides is 1. The minimum atomic E-state index is -0.268. The number of nitrogens with one attached hydrogen (secondary N) is 2. The van der Waals surface area contributed by atoms with Gasteiger partial charge in [-0.3, -0.25) is 14.7 Å². The Labute approximate surface area is 122 Å². The minimum absolute atomic E-state index is 0.0968. The molecule has 2 aromatic heterocycles. The largest absolute Gasteiger partial charge is 0.346 e. The van der Waals surface area contributed by atoms with Gasteiger partial charge >= 0.3 is 0 Å². The minimum Gasteiger partial charge on any atom is -0.346 e. The van der Waals surface area contributed by atoms with E-state index in [4.69, 9.17) is 0 Å². The van der Waals surface area contributed by atoms with Gasteiger partial charge in [0.15, 0.2) is 5.82 Å². The van der Waals surface area contributed by atoms with E-state index >= 15 is 0 Å². The van der Waals surface area contributed by atoms with Crippen LogP contribution in [0.4, 0.5) is 0 Å². The fraction of sp³-hybridized carbons (Fsp3) is 0.429. The van der Waals surface area contributed by atoms with Crippen LogP contribution in [0.15, 0.2) is 23.0 Å². The van der Waals surface area contributed by atoms with E-state index in [1.165, 1.54) is 6.07 Å². The van der Waals surface area contributed by atoms with Crippen LogP contribution >= 0.6 is 0 Å². The van der Waals surface area contributed by atoms with Crippen LogP contribution in [0.1, 0.15) is 36.7 Å². The molecule has 0 saturated heterocycles. The van der Waals surface area contributed by atoms with Crippen molar-refractivity contribution in [2.24, 2.45) is 0 Å². The topological polar surface area (TPSA) is 92.7 Å². The first-order chi connectivity index (χ1) is 9.97. The monoisotopic (exact) mass is 289 g/mol. The Morgan fingerprint density at radius 2 is 2.19 bits per heavy atom. The zero-order valence-electron chi connectivity index (χ0n) is 12.4. The standard InChI is InChI=1S/C14H19N5O2/c1-9-5-4-6-13(21)19(9)8-7-12(20)15-10(2)14-16-11(3)17-18-14/h4-6,10H,7-8H2,1-3H3,(H,15,20)(H,16,17,18)/t10-/m1/s1. The van der Waals surface area contributed by atoms with Crippen molar-refractivity contribution in [2.75, 3.05) is 0 Å². The molecule has 0 aliphatic heterocycles. The number of rotatable bonds is 5. The molecule has 2 aromatic rings. The van der Waals surface area contributed by atoms with E-state index in [2.05, 4.69) is 20.5 Å². The van der Waals surface area contributed by atoms with Gasteiger partial charge in [0.05, 0.1) is 6.04 Å². The average Bonchev–Trinajstić information content (AvgIpc) is 2.85. The number of nitrogens with zero attached hydrogens (tertiary/aromatic N) is 3. The van der Waals surface area contributed by atoms with Crippen LogP contribution in [0.2, 0.25) is 0 Å². The Morgan fingerprint density at radius 1 is 1.43 bits per heavy atom. The van der Waals surface area contributed by atoms with Crippen LogP contribution in [0.3, 0.4) is 0 Å². The number of hydrogen-bond acceptors (Lipinski definition) is 4. The Hall–Kier alpha value is -2.44. The highest BCUT2D eigenvalue weighted by Crippen LogP contribution is 2.06. The molecule has 0 aliphatic carbocycles. The third kappa shape index (κ3) is 3.77. The molecule has 0 fully saturated rings. The van der Waals surface area contributed by atoms with Gasteiger partial charge in [0.2, 0.25) is 5.91 Å². The van der Waals surface area contributed by atoms with Crippen LogP contribution < -0.4 is 10.9 Å². The van der Waals surface area contributed by atoms with Crippen molar-refractivity contribution in [3.63, 3.8) is 0 Å². The maximum absolute atomic E-state index is 11.9. The highest BCUT2D eigenvalue weighted by atomic mass is 16.2. The van der Waals surface area contributed by atoms with E-state index < -0.39 is 0 Å². The lowest BCUT2D eigenvalue weighted by molar-refractivity contribution is -0.122. The van der Waals surface area contributed by atoms with Crippen molar-refractivity contribution in [3.05, 3.63) is 45.9 Å². The molecular weight excluding hydrogens is 270 g/mol. The molecular formula is C14H19N5O2. The van der Waals surface area contributed by atoms with E-state index in [0.29, 0.717) is 18.2 Å². The number of aromatic nitrogens is 4. The van der Waals surface area contributed by atoms with Gasteiger partial charge in [-0.05, 0) is 26.8 Å². The van der Waals surface area contributed by atoms with Crippen LogP contribution in [0.25, 0.3) is 0 Å². The number of aromatic amines is 1. The lowest BCUT2D eigenvalue weighted by Crippen LogP contribution is -2.30. The van der Waals surface area contributed by atoms with Gasteiger partial charge < -0.3 is 9.88 Å². The summed E-state index contributed by atoms with van der Waals surface area (Å²) in [6.07, 6.45) is 0.235. The molecule has 1 amide bonds. The third-order valence-electron chi connectivity index (χ3n) is 3.21. The molecule has 2 rings (SSSR count). The normalized spacial score (nSPS) is 12.1. The summed E-state index contributed by atoms with van der Waals surface area (Å²) in [5, 5.41) is 9.57. The van der Waals surface area contributed by atoms with Gasteiger partial charge in [0.25, 0.3) is 5.56 Å². The number of carbonyl (C=O) groups excluding carboxylic acids is 1. The van der Waals surface area contributed by atoms with Crippen LogP contribution in [0.5, 0.6) is 0 Å². The lowest BCUT2D eigenvalue weighted by atomic mass is 10.3. The zero-order valence-corrected chi connectivity index (χ0v) is 12.4. The van der Waals surface area contributed by atoms with E-state index in [-0.39, 0.29) is 23.9 Å². The molecule has 2 N–H and O–H groups in total. The smallest absolute Gasteiger partial charge is 0.250 e. The predicted molar refractivity (Wildman–Crippen MR) is 77.7 cm³/mol. The zero-order chi connectivity index (χ0) is 15.4. The van der Waals surface area contributed by atoms with Crippen LogP contribution in [0, 0.1) is 13.8 Å². The maximum atomic E-state index is 11.9. The van der Waals surface area contributed by atoms with E-state index in [9.17, 15) is 9.59 Å². The molecule has 2 heterocycles. The first-order valence-electron chi connectivity index (χ1n) is 6.82. The summed E-state index contributed by atoms with van der Waals surface area (Å²) < 4.78 is 1.58. The first kappa shape index (κ1) is 15.0. The van der Waals surface area contributed by atoms with Gasteiger partial charge in [-0.15, -0.1) is 0 Å². The highest BCUT2D eigenvalue weighted by molar-refractivity contribution is 5.76. The van der Waals surface area contributed by atoms with E-state index in [1.807, 2.05) is 19.9 Å². The molecule has 0 aliphatic rings. The molecule has 112 valence electrons. The summed E-state index contributed by atoms with van der Waals surface area (Å²) in [4.78, 5) is 27.8. The van der Waals surface area contributed by atoms with Gasteiger partial charge in [-0.1, -0.05) is 6.07 Å². The molecule has 7 nitrogen and oxygen atoms in total. The molecule has 0 bridgehead atoms. The highest BCUT2D eigenvalue weighted by Gasteiger charge is 2.13. The molecule has 0 aromatic carbocycles. The first-order valence-corrected chi connectivity index (χ1v) is 6.82. The predicted octanol–water partition coefficient (Wildman–Crippen LogP) is 0.851. The molecule has 0 saturated carbocycles. The second-order valence-electron chi connectivity index (χ2n) is 4.98. The number of H-pyrrole nitrogens is 1. The molecule has 0 radical (unpaired) electrons. The van der Waals surface area contributed by atoms with E-state index in [0.717, 1.165) is 5.69 Å². The van der Waals surface area contributed by atoms with Crippen molar-refractivity contribution in [3.8, 4) is 0 Å². The molecule has 0 spiro atoms. The number of carbonyl (C=O) groups is 1. The van der Waals surface area contributed by atoms with Gasteiger partial charge in [0.1, 0.15) is 5.82 Å². The van der Waals surface area contributed by atoms with Crippen molar-refractivity contribution in [1.29, 1.82) is 0 Å². The fourth-order valence-electron chi connectivity index (χ4n) is 2.06. The van der Waals surface area contributed by atoms with Crippen molar-refractivity contribution < 1.29 is 4.79 Å². The summed E-state index contributed by atoms with van der Waals surface area (Å²) in [7, 11) is 0. The fourth-order valence-corrected chi connectivity index (χ4v) is 2.06. The average molecular weight is 289 g/mol. The van der Waals surface area contributed by atoms with Crippen molar-refractivity contribution in [2.45, 2.75) is 39.8 Å². The van der Waals surface area contributed by atoms with Gasteiger partial charge in [-0.2, -0.15) is 5.10 Å². The van der Waals surface area contributed by atoms with Gasteiger partial charge in [-0.25, -0.2) is 4.98 Å².